The zero-order valence-electron chi connectivity index (χ0n) is 11.8. The Morgan fingerprint density at radius 1 is 1.00 bits per heavy atom. The van der Waals surface area contributed by atoms with Gasteiger partial charge in [0.15, 0.2) is 0 Å². The molecular formula is C14H32N2. The fourth-order valence-electron chi connectivity index (χ4n) is 2.33. The van der Waals surface area contributed by atoms with Crippen LogP contribution in [-0.4, -0.2) is 31.1 Å². The van der Waals surface area contributed by atoms with Crippen molar-refractivity contribution in [2.75, 3.05) is 26.2 Å². The summed E-state index contributed by atoms with van der Waals surface area (Å²) < 4.78 is 0. The van der Waals surface area contributed by atoms with E-state index in [-0.39, 0.29) is 0 Å². The zero-order valence-corrected chi connectivity index (χ0v) is 11.8. The molecule has 0 heterocycles. The van der Waals surface area contributed by atoms with Crippen LogP contribution in [0, 0.1) is 11.8 Å². The van der Waals surface area contributed by atoms with Crippen molar-refractivity contribution in [3.8, 4) is 0 Å². The van der Waals surface area contributed by atoms with Crippen LogP contribution in [0.2, 0.25) is 0 Å². The average Bonchev–Trinajstić information content (AvgIpc) is 2.24. The van der Waals surface area contributed by atoms with Gasteiger partial charge in [0.25, 0.3) is 0 Å². The molecule has 16 heavy (non-hydrogen) atoms. The SMILES string of the molecule is CCCN(CCC)CCC(CN)CC(C)C. The van der Waals surface area contributed by atoms with Crippen molar-refractivity contribution in [3.63, 3.8) is 0 Å². The molecule has 98 valence electrons. The summed E-state index contributed by atoms with van der Waals surface area (Å²) in [4.78, 5) is 2.59. The van der Waals surface area contributed by atoms with Crippen LogP contribution in [0.4, 0.5) is 0 Å². The van der Waals surface area contributed by atoms with Crippen molar-refractivity contribution in [1.82, 2.24) is 4.90 Å². The van der Waals surface area contributed by atoms with E-state index >= 15 is 0 Å². The van der Waals surface area contributed by atoms with E-state index in [2.05, 4.69) is 32.6 Å². The number of nitrogens with two attached hydrogens (primary N) is 1. The normalized spacial score (nSPS) is 13.7. The molecule has 1 atom stereocenters. The van der Waals surface area contributed by atoms with Crippen LogP contribution < -0.4 is 5.73 Å². The fraction of sp³-hybridized carbons (Fsp3) is 1.00. The first-order valence-corrected chi connectivity index (χ1v) is 7.06. The van der Waals surface area contributed by atoms with Gasteiger partial charge in [0.1, 0.15) is 0 Å². The number of hydrogen-bond acceptors (Lipinski definition) is 2. The van der Waals surface area contributed by atoms with Crippen molar-refractivity contribution in [1.29, 1.82) is 0 Å². The Morgan fingerprint density at radius 3 is 1.94 bits per heavy atom. The van der Waals surface area contributed by atoms with Crippen LogP contribution in [0.25, 0.3) is 0 Å². The van der Waals surface area contributed by atoms with E-state index in [1.807, 2.05) is 0 Å². The van der Waals surface area contributed by atoms with E-state index in [1.54, 1.807) is 0 Å². The molecule has 2 heteroatoms. The minimum Gasteiger partial charge on any atom is -0.330 e. The lowest BCUT2D eigenvalue weighted by molar-refractivity contribution is 0.243. The van der Waals surface area contributed by atoms with Gasteiger partial charge in [-0.15, -0.1) is 0 Å². The quantitative estimate of drug-likeness (QED) is 0.622. The highest BCUT2D eigenvalue weighted by Crippen LogP contribution is 2.14. The van der Waals surface area contributed by atoms with E-state index in [0.29, 0.717) is 0 Å². The fourth-order valence-corrected chi connectivity index (χ4v) is 2.33. The second kappa shape index (κ2) is 10.1. The highest BCUT2D eigenvalue weighted by molar-refractivity contribution is 4.66. The topological polar surface area (TPSA) is 29.3 Å². The standard InChI is InChI=1S/C14H32N2/c1-5-8-16(9-6-2)10-7-14(12-15)11-13(3)4/h13-14H,5-12,15H2,1-4H3. The molecule has 0 radical (unpaired) electrons. The molecule has 0 aliphatic carbocycles. The van der Waals surface area contributed by atoms with Crippen LogP contribution in [-0.2, 0) is 0 Å². The van der Waals surface area contributed by atoms with Gasteiger partial charge in [-0.1, -0.05) is 27.7 Å². The Morgan fingerprint density at radius 2 is 1.56 bits per heavy atom. The molecule has 2 nitrogen and oxygen atoms in total. The molecule has 0 amide bonds. The van der Waals surface area contributed by atoms with Gasteiger partial charge in [0, 0.05) is 0 Å². The molecule has 0 saturated heterocycles. The lowest BCUT2D eigenvalue weighted by Gasteiger charge is -2.24. The molecule has 0 aromatic carbocycles. The molecule has 0 aromatic rings. The van der Waals surface area contributed by atoms with E-state index in [4.69, 9.17) is 5.73 Å². The highest BCUT2D eigenvalue weighted by atomic mass is 15.1. The summed E-state index contributed by atoms with van der Waals surface area (Å²) in [6, 6.07) is 0. The zero-order chi connectivity index (χ0) is 12.4. The van der Waals surface area contributed by atoms with Gasteiger partial charge in [0.05, 0.1) is 0 Å². The van der Waals surface area contributed by atoms with Crippen LogP contribution in [0.5, 0.6) is 0 Å². The summed E-state index contributed by atoms with van der Waals surface area (Å²) in [5.41, 5.74) is 5.84. The third-order valence-electron chi connectivity index (χ3n) is 3.07. The number of hydrogen-bond donors (Lipinski definition) is 1. The van der Waals surface area contributed by atoms with Gasteiger partial charge in [-0.05, 0) is 63.7 Å². The molecular weight excluding hydrogens is 196 g/mol. The first-order valence-electron chi connectivity index (χ1n) is 7.06. The van der Waals surface area contributed by atoms with Crippen molar-refractivity contribution < 1.29 is 0 Å². The van der Waals surface area contributed by atoms with Crippen LogP contribution in [0.1, 0.15) is 53.4 Å². The smallest absolute Gasteiger partial charge is 0.00156 e. The minimum atomic E-state index is 0.719. The Bertz CT molecular complexity index is 138. The largest absolute Gasteiger partial charge is 0.330 e. The number of nitrogens with zero attached hydrogens (tertiary/aromatic N) is 1. The average molecular weight is 228 g/mol. The van der Waals surface area contributed by atoms with Gasteiger partial charge < -0.3 is 10.6 Å². The van der Waals surface area contributed by atoms with E-state index in [1.165, 1.54) is 45.3 Å². The van der Waals surface area contributed by atoms with Crippen LogP contribution >= 0.6 is 0 Å². The first-order chi connectivity index (χ1) is 7.63. The summed E-state index contributed by atoms with van der Waals surface area (Å²) in [5, 5.41) is 0. The predicted octanol–water partition coefficient (Wildman–Crippen LogP) is 3.12. The first kappa shape index (κ1) is 15.9. The van der Waals surface area contributed by atoms with Gasteiger partial charge >= 0.3 is 0 Å². The molecule has 0 bridgehead atoms. The summed E-state index contributed by atoms with van der Waals surface area (Å²) in [6.07, 6.45) is 5.08. The maximum Gasteiger partial charge on any atom is -0.00156 e. The molecule has 0 rings (SSSR count). The summed E-state index contributed by atoms with van der Waals surface area (Å²) >= 11 is 0. The van der Waals surface area contributed by atoms with Gasteiger partial charge in [0.2, 0.25) is 0 Å². The predicted molar refractivity (Wildman–Crippen MR) is 73.6 cm³/mol. The summed E-state index contributed by atoms with van der Waals surface area (Å²) in [7, 11) is 0. The minimum absolute atomic E-state index is 0.719. The van der Waals surface area contributed by atoms with E-state index in [9.17, 15) is 0 Å². The van der Waals surface area contributed by atoms with Gasteiger partial charge in [-0.3, -0.25) is 0 Å². The highest BCUT2D eigenvalue weighted by Gasteiger charge is 2.11. The van der Waals surface area contributed by atoms with Crippen LogP contribution in [0.15, 0.2) is 0 Å². The Labute approximate surface area is 103 Å². The second-order valence-corrected chi connectivity index (χ2v) is 5.36. The summed E-state index contributed by atoms with van der Waals surface area (Å²) in [5.74, 6) is 1.50. The molecule has 0 saturated carbocycles. The van der Waals surface area contributed by atoms with E-state index in [0.717, 1.165) is 18.4 Å². The van der Waals surface area contributed by atoms with Crippen molar-refractivity contribution in [2.24, 2.45) is 17.6 Å². The van der Waals surface area contributed by atoms with Crippen molar-refractivity contribution >= 4 is 0 Å². The number of rotatable bonds is 10. The van der Waals surface area contributed by atoms with Crippen molar-refractivity contribution in [2.45, 2.75) is 53.4 Å². The maximum atomic E-state index is 5.84. The molecule has 0 aliphatic heterocycles. The van der Waals surface area contributed by atoms with Crippen molar-refractivity contribution in [3.05, 3.63) is 0 Å². The molecule has 0 fully saturated rings. The van der Waals surface area contributed by atoms with Gasteiger partial charge in [-0.25, -0.2) is 0 Å². The molecule has 1 unspecified atom stereocenters. The lowest BCUT2D eigenvalue weighted by atomic mass is 9.94. The van der Waals surface area contributed by atoms with E-state index < -0.39 is 0 Å². The third-order valence-corrected chi connectivity index (χ3v) is 3.07. The molecule has 0 aromatic heterocycles. The maximum absolute atomic E-state index is 5.84. The summed E-state index contributed by atoms with van der Waals surface area (Å²) in [6.45, 7) is 13.7. The molecule has 2 N–H and O–H groups in total. The third kappa shape index (κ3) is 8.12. The lowest BCUT2D eigenvalue weighted by Crippen LogP contribution is -2.29. The monoisotopic (exact) mass is 228 g/mol. The molecule has 0 aliphatic rings. The Hall–Kier alpha value is -0.0800. The molecule has 0 spiro atoms. The second-order valence-electron chi connectivity index (χ2n) is 5.36. The van der Waals surface area contributed by atoms with Gasteiger partial charge in [-0.2, -0.15) is 0 Å². The Balaban J connectivity index is 3.85. The van der Waals surface area contributed by atoms with Crippen LogP contribution in [0.3, 0.4) is 0 Å². The Kier molecular flexibility index (Phi) is 10.0.